The molecule has 0 saturated heterocycles. The lowest BCUT2D eigenvalue weighted by atomic mass is 10.2. The van der Waals surface area contributed by atoms with Gasteiger partial charge in [0.05, 0.1) is 0 Å². The number of aromatic nitrogens is 1. The summed E-state index contributed by atoms with van der Waals surface area (Å²) in [6, 6.07) is 4.07. The normalized spacial score (nSPS) is 10.4. The van der Waals surface area contributed by atoms with Crippen LogP contribution in [0.5, 0.6) is 0 Å². The second kappa shape index (κ2) is 6.51. The summed E-state index contributed by atoms with van der Waals surface area (Å²) in [7, 11) is 1.73. The zero-order valence-electron chi connectivity index (χ0n) is 8.92. The molecule has 0 aliphatic rings. The number of methoxy groups -OCH3 is 1. The van der Waals surface area contributed by atoms with Gasteiger partial charge in [0.15, 0.2) is 0 Å². The van der Waals surface area contributed by atoms with E-state index in [0.29, 0.717) is 0 Å². The number of nitrogens with one attached hydrogen (secondary N) is 1. The maximum atomic E-state index is 4.97. The number of pyridine rings is 1. The molecule has 3 heteroatoms. The van der Waals surface area contributed by atoms with Crippen LogP contribution in [0.2, 0.25) is 0 Å². The number of hydrogen-bond donors (Lipinski definition) is 1. The fraction of sp³-hybridized carbons (Fsp3) is 0.545. The van der Waals surface area contributed by atoms with E-state index in [1.54, 1.807) is 7.11 Å². The highest BCUT2D eigenvalue weighted by atomic mass is 16.5. The van der Waals surface area contributed by atoms with E-state index in [-0.39, 0.29) is 0 Å². The van der Waals surface area contributed by atoms with Crippen LogP contribution in [-0.4, -0.2) is 25.2 Å². The molecule has 1 aromatic heterocycles. The Morgan fingerprint density at radius 3 is 3.07 bits per heavy atom. The van der Waals surface area contributed by atoms with Gasteiger partial charge in [-0.25, -0.2) is 0 Å². The standard InChI is InChI=1S/C11H18N2O/c1-10-11(5-3-7-13-10)9-12-6-4-8-14-2/h3,5,7,12H,4,6,8-9H2,1-2H3. The summed E-state index contributed by atoms with van der Waals surface area (Å²) in [6.45, 7) is 4.73. The predicted octanol–water partition coefficient (Wildman–Crippen LogP) is 1.52. The van der Waals surface area contributed by atoms with Gasteiger partial charge >= 0.3 is 0 Å². The molecule has 0 bridgehead atoms. The lowest BCUT2D eigenvalue weighted by Gasteiger charge is -2.06. The smallest absolute Gasteiger partial charge is 0.0474 e. The fourth-order valence-electron chi connectivity index (χ4n) is 1.27. The van der Waals surface area contributed by atoms with Gasteiger partial charge in [-0.05, 0) is 31.5 Å². The Labute approximate surface area is 85.5 Å². The molecule has 0 spiro atoms. The van der Waals surface area contributed by atoms with E-state index in [2.05, 4.69) is 16.4 Å². The van der Waals surface area contributed by atoms with Gasteiger partial charge < -0.3 is 10.1 Å². The van der Waals surface area contributed by atoms with Crippen molar-refractivity contribution < 1.29 is 4.74 Å². The molecule has 1 aromatic rings. The van der Waals surface area contributed by atoms with Crippen LogP contribution in [0.25, 0.3) is 0 Å². The fourth-order valence-corrected chi connectivity index (χ4v) is 1.27. The molecule has 0 atom stereocenters. The van der Waals surface area contributed by atoms with Crippen molar-refractivity contribution in [2.45, 2.75) is 19.9 Å². The maximum Gasteiger partial charge on any atom is 0.0474 e. The Morgan fingerprint density at radius 1 is 1.50 bits per heavy atom. The Bertz CT molecular complexity index is 263. The van der Waals surface area contributed by atoms with Crippen molar-refractivity contribution in [1.29, 1.82) is 0 Å². The first-order valence-electron chi connectivity index (χ1n) is 4.94. The van der Waals surface area contributed by atoms with Crippen LogP contribution in [0.4, 0.5) is 0 Å². The number of aryl methyl sites for hydroxylation is 1. The molecule has 0 aliphatic carbocycles. The Balaban J connectivity index is 2.21. The van der Waals surface area contributed by atoms with E-state index < -0.39 is 0 Å². The molecule has 1 N–H and O–H groups in total. The molecule has 0 amide bonds. The molecule has 0 radical (unpaired) electrons. The Hall–Kier alpha value is -0.930. The topological polar surface area (TPSA) is 34.1 Å². The monoisotopic (exact) mass is 194 g/mol. The minimum atomic E-state index is 0.818. The van der Waals surface area contributed by atoms with E-state index in [9.17, 15) is 0 Å². The summed E-state index contributed by atoms with van der Waals surface area (Å²) in [5.41, 5.74) is 2.37. The van der Waals surface area contributed by atoms with Crippen LogP contribution in [0.3, 0.4) is 0 Å². The highest BCUT2D eigenvalue weighted by Crippen LogP contribution is 2.02. The second-order valence-corrected chi connectivity index (χ2v) is 3.27. The average Bonchev–Trinajstić information content (AvgIpc) is 2.20. The molecule has 0 unspecified atom stereocenters. The maximum absolute atomic E-state index is 4.97. The van der Waals surface area contributed by atoms with Crippen molar-refractivity contribution in [3.63, 3.8) is 0 Å². The van der Waals surface area contributed by atoms with E-state index >= 15 is 0 Å². The first-order valence-corrected chi connectivity index (χ1v) is 4.94. The SMILES string of the molecule is COCCCNCc1cccnc1C. The highest BCUT2D eigenvalue weighted by Gasteiger charge is 1.96. The molecule has 78 valence electrons. The van der Waals surface area contributed by atoms with Gasteiger partial charge in [-0.1, -0.05) is 6.07 Å². The molecule has 1 heterocycles. The molecular formula is C11H18N2O. The molecule has 0 fully saturated rings. The largest absolute Gasteiger partial charge is 0.385 e. The van der Waals surface area contributed by atoms with Crippen LogP contribution in [0.15, 0.2) is 18.3 Å². The van der Waals surface area contributed by atoms with Crippen LogP contribution in [-0.2, 0) is 11.3 Å². The molecule has 0 saturated carbocycles. The number of hydrogen-bond acceptors (Lipinski definition) is 3. The van der Waals surface area contributed by atoms with Crippen molar-refractivity contribution >= 4 is 0 Å². The van der Waals surface area contributed by atoms with Gasteiger partial charge in [-0.2, -0.15) is 0 Å². The zero-order valence-corrected chi connectivity index (χ0v) is 8.92. The van der Waals surface area contributed by atoms with Crippen molar-refractivity contribution in [3.05, 3.63) is 29.6 Å². The quantitative estimate of drug-likeness (QED) is 0.697. The molecular weight excluding hydrogens is 176 g/mol. The minimum absolute atomic E-state index is 0.818. The third-order valence-corrected chi connectivity index (χ3v) is 2.13. The first kappa shape index (κ1) is 11.1. The lowest BCUT2D eigenvalue weighted by molar-refractivity contribution is 0.194. The van der Waals surface area contributed by atoms with Crippen LogP contribution in [0.1, 0.15) is 17.7 Å². The van der Waals surface area contributed by atoms with Gasteiger partial charge in [0, 0.05) is 32.2 Å². The Morgan fingerprint density at radius 2 is 2.36 bits per heavy atom. The summed E-state index contributed by atoms with van der Waals surface area (Å²) in [5, 5.41) is 3.36. The molecule has 14 heavy (non-hydrogen) atoms. The third-order valence-electron chi connectivity index (χ3n) is 2.13. The van der Waals surface area contributed by atoms with Crippen molar-refractivity contribution in [2.75, 3.05) is 20.3 Å². The number of nitrogens with zero attached hydrogens (tertiary/aromatic N) is 1. The van der Waals surface area contributed by atoms with E-state index in [1.165, 1.54) is 5.56 Å². The molecule has 3 nitrogen and oxygen atoms in total. The number of ether oxygens (including phenoxy) is 1. The second-order valence-electron chi connectivity index (χ2n) is 3.27. The van der Waals surface area contributed by atoms with Gasteiger partial charge in [0.2, 0.25) is 0 Å². The van der Waals surface area contributed by atoms with Crippen molar-refractivity contribution in [2.24, 2.45) is 0 Å². The van der Waals surface area contributed by atoms with Crippen LogP contribution >= 0.6 is 0 Å². The van der Waals surface area contributed by atoms with Gasteiger partial charge in [-0.3, -0.25) is 4.98 Å². The molecule has 1 rings (SSSR count). The van der Waals surface area contributed by atoms with Crippen molar-refractivity contribution in [3.8, 4) is 0 Å². The summed E-state index contributed by atoms with van der Waals surface area (Å²) in [6.07, 6.45) is 2.87. The van der Waals surface area contributed by atoms with Crippen LogP contribution < -0.4 is 5.32 Å². The lowest BCUT2D eigenvalue weighted by Crippen LogP contribution is -2.16. The predicted molar refractivity (Wildman–Crippen MR) is 57.2 cm³/mol. The van der Waals surface area contributed by atoms with Crippen molar-refractivity contribution in [1.82, 2.24) is 10.3 Å². The first-order chi connectivity index (χ1) is 6.84. The van der Waals surface area contributed by atoms with E-state index in [4.69, 9.17) is 4.74 Å². The number of rotatable bonds is 6. The van der Waals surface area contributed by atoms with E-state index in [1.807, 2.05) is 19.2 Å². The van der Waals surface area contributed by atoms with Gasteiger partial charge in [0.25, 0.3) is 0 Å². The summed E-state index contributed by atoms with van der Waals surface area (Å²) in [5.74, 6) is 0. The average molecular weight is 194 g/mol. The highest BCUT2D eigenvalue weighted by molar-refractivity contribution is 5.17. The van der Waals surface area contributed by atoms with Gasteiger partial charge in [0.1, 0.15) is 0 Å². The van der Waals surface area contributed by atoms with Crippen LogP contribution in [0, 0.1) is 6.92 Å². The molecule has 0 aromatic carbocycles. The summed E-state index contributed by atoms with van der Waals surface area (Å²) < 4.78 is 4.97. The zero-order chi connectivity index (χ0) is 10.2. The third kappa shape index (κ3) is 3.85. The van der Waals surface area contributed by atoms with E-state index in [0.717, 1.165) is 31.8 Å². The molecule has 0 aliphatic heterocycles. The summed E-state index contributed by atoms with van der Waals surface area (Å²) >= 11 is 0. The Kier molecular flexibility index (Phi) is 5.19. The minimum Gasteiger partial charge on any atom is -0.385 e. The van der Waals surface area contributed by atoms with Gasteiger partial charge in [-0.15, -0.1) is 0 Å². The summed E-state index contributed by atoms with van der Waals surface area (Å²) in [4.78, 5) is 4.23.